The average Bonchev–Trinajstić information content (AvgIpc) is 1.73. The van der Waals surface area contributed by atoms with Gasteiger partial charge in [-0.3, -0.25) is 0 Å². The molecule has 9 heteroatoms. The van der Waals surface area contributed by atoms with Crippen LogP contribution in [0.25, 0.3) is 235 Å². The van der Waals surface area contributed by atoms with E-state index in [-0.39, 0.29) is 43.5 Å². The van der Waals surface area contributed by atoms with Gasteiger partial charge < -0.3 is 0 Å². The van der Waals surface area contributed by atoms with Gasteiger partial charge in [0.2, 0.25) is 0 Å². The Balaban J connectivity index is 0.000000107. The minimum atomic E-state index is 0.175. The van der Waals surface area contributed by atoms with E-state index in [0.29, 0.717) is 0 Å². The van der Waals surface area contributed by atoms with E-state index in [0.717, 1.165) is 111 Å². The number of fused-ring (bicyclic) bond motifs is 17. The number of nitrogens with zero attached hydrogens (tertiary/aromatic N) is 6. The molecule has 0 unspecified atom stereocenters. The summed E-state index contributed by atoms with van der Waals surface area (Å²) in [5.41, 5.74) is 24.3. The summed E-state index contributed by atoms with van der Waals surface area (Å²) in [6.45, 7) is 0. The van der Waals surface area contributed by atoms with Gasteiger partial charge in [0.05, 0.1) is 0 Å². The van der Waals surface area contributed by atoms with Crippen LogP contribution in [0.4, 0.5) is 0 Å². The monoisotopic (exact) mass is 1760 g/mol. The molecular weight excluding hydrogens is 1690 g/mol. The molecule has 25 aromatic rings. The van der Waals surface area contributed by atoms with E-state index in [9.17, 15) is 0 Å². The molecule has 0 bridgehead atoms. The Morgan fingerprint density at radius 2 is 0.593 bits per heavy atom. The summed E-state index contributed by atoms with van der Waals surface area (Å²) >= 11 is 0.671. The predicted octanol–water partition coefficient (Wildman–Crippen LogP) is 29.1. The number of hydrogen-bond acceptors (Lipinski definition) is 6. The van der Waals surface area contributed by atoms with Gasteiger partial charge in [-0.2, -0.15) is 0 Å². The van der Waals surface area contributed by atoms with Gasteiger partial charge in [0.25, 0.3) is 0 Å². The van der Waals surface area contributed by atoms with Crippen LogP contribution < -0.4 is 0 Å². The van der Waals surface area contributed by atoms with Gasteiger partial charge in [-0.25, -0.2) is 0 Å². The van der Waals surface area contributed by atoms with Crippen molar-refractivity contribution < 1.29 is 0 Å². The van der Waals surface area contributed by atoms with E-state index in [1.54, 1.807) is 0 Å². The average molecular weight is 1760 g/mol. The van der Waals surface area contributed by atoms with Crippen molar-refractivity contribution in [3.05, 3.63) is 425 Å². The van der Waals surface area contributed by atoms with Crippen molar-refractivity contribution >= 4 is 167 Å². The first-order valence-corrected chi connectivity index (χ1v) is 46.5. The molecule has 0 atom stereocenters. The summed E-state index contributed by atoms with van der Waals surface area (Å²) in [5, 5.41) is 17.3. The van der Waals surface area contributed by atoms with Crippen molar-refractivity contribution in [2.45, 2.75) is 0 Å². The van der Waals surface area contributed by atoms with Crippen molar-refractivity contribution in [3.63, 3.8) is 0 Å². The van der Waals surface area contributed by atoms with Gasteiger partial charge in [0.1, 0.15) is 0 Å². The molecular formula is C114H70N6Se3. The van der Waals surface area contributed by atoms with Crippen LogP contribution in [0.1, 0.15) is 0 Å². The van der Waals surface area contributed by atoms with Crippen molar-refractivity contribution in [2.24, 2.45) is 0 Å². The molecule has 0 saturated carbocycles. The third kappa shape index (κ3) is 13.6. The summed E-state index contributed by atoms with van der Waals surface area (Å²) in [6, 6.07) is 151. The first-order valence-electron chi connectivity index (χ1n) is 41.4. The second-order valence-corrected chi connectivity index (χ2v) is 37.6. The quantitative estimate of drug-likeness (QED) is 0.100. The maximum absolute atomic E-state index is 5.34. The molecule has 0 saturated heterocycles. The summed E-state index contributed by atoms with van der Waals surface area (Å²) in [5.74, 6) is 1.52. The Kier molecular flexibility index (Phi) is 18.9. The second-order valence-electron chi connectivity index (χ2n) is 31.0. The molecule has 123 heavy (non-hydrogen) atoms. The Labute approximate surface area is 727 Å². The van der Waals surface area contributed by atoms with Crippen LogP contribution in [0.2, 0.25) is 0 Å². The van der Waals surface area contributed by atoms with E-state index in [4.69, 9.17) is 29.9 Å². The SMILES string of the molecule is c1ccc(-c2nc(-c3cccc4[se]c5c(-c6ccc7ccccc7c6)cccc5c34)nc3c2ccc2ccccc23)cc1.c1ccc(-c2nc(-c3ccccc3)c3cc(-c4ccc5c(c4)[se]c4c(-c6ccccc6)cccc45)ccc3n2)cc1.c1ccc(-c2nc3ccc4ccccc4c3nc2-c2ccc3[se]c4c(-c5ccccc5)cccc4c3c2)cc1. The molecule has 6 heterocycles. The van der Waals surface area contributed by atoms with Crippen LogP contribution in [0.5, 0.6) is 0 Å². The Hall–Kier alpha value is -14.5. The molecule has 25 rings (SSSR count). The molecule has 0 fully saturated rings. The van der Waals surface area contributed by atoms with Crippen LogP contribution in [-0.4, -0.2) is 73.4 Å². The number of benzene rings is 19. The fourth-order valence-corrected chi connectivity index (χ4v) is 25.6. The van der Waals surface area contributed by atoms with Crippen LogP contribution >= 0.6 is 0 Å². The van der Waals surface area contributed by atoms with Crippen molar-refractivity contribution in [3.8, 4) is 112 Å². The van der Waals surface area contributed by atoms with Crippen LogP contribution in [0, 0.1) is 0 Å². The standard InChI is InChI=1S/C40H24N2Se.C38H24N2Se.C36H22N2Se/c1-2-12-27(13-3-1)37-34-23-22-26-11-6-7-15-30(26)38(34)42-40(41-37)33-18-9-19-35-36(33)32-17-8-16-31(39(32)43-35)29-21-20-25-10-4-5-14-28(25)24-29;1-4-11-25(12-5-1)30-17-10-18-32-31-21-19-29(24-35(31)41-37(30)32)28-20-22-34-33(23-28)36(26-13-6-2-7-14-26)40-38(39-34)27-15-8-3-9-16-27;1-3-10-23(11-4-1)28-16-9-17-29-30-22-26(19-21-32(30)39-36(28)29)34-33(25-13-5-2-6-14-25)37-31-20-18-24-12-7-8-15-27(24)35(31)38-34/h1-24H;1-24H;1-22H. The van der Waals surface area contributed by atoms with Gasteiger partial charge in [-0.1, -0.05) is 6.07 Å². The zero-order valence-corrected chi connectivity index (χ0v) is 71.5. The molecule has 0 aliphatic rings. The second kappa shape index (κ2) is 31.6. The minimum absolute atomic E-state index is 0.175. The van der Waals surface area contributed by atoms with Gasteiger partial charge in [-0.15, -0.1) is 0 Å². The Morgan fingerprint density at radius 3 is 1.26 bits per heavy atom. The van der Waals surface area contributed by atoms with Gasteiger partial charge in [0, 0.05) is 0 Å². The molecule has 0 N–H and O–H groups in total. The number of aromatic nitrogens is 6. The summed E-state index contributed by atoms with van der Waals surface area (Å²) in [4.78, 5) is 31.2. The Bertz CT molecular complexity index is 8430. The van der Waals surface area contributed by atoms with Crippen molar-refractivity contribution in [1.82, 2.24) is 29.9 Å². The fourth-order valence-electron chi connectivity index (χ4n) is 17.7. The first kappa shape index (κ1) is 73.7. The van der Waals surface area contributed by atoms with E-state index < -0.39 is 0 Å². The van der Waals surface area contributed by atoms with Crippen molar-refractivity contribution in [1.29, 1.82) is 0 Å². The third-order valence-electron chi connectivity index (χ3n) is 23.6. The number of rotatable bonds is 10. The van der Waals surface area contributed by atoms with Gasteiger partial charge >= 0.3 is 727 Å². The normalized spacial score (nSPS) is 11.6. The number of hydrogen-bond donors (Lipinski definition) is 0. The molecule has 0 aliphatic heterocycles. The first-order chi connectivity index (χ1) is 61.0. The maximum atomic E-state index is 5.34. The third-order valence-corrected chi connectivity index (χ3v) is 31.2. The molecule has 574 valence electrons. The zero-order chi connectivity index (χ0) is 81.3. The zero-order valence-electron chi connectivity index (χ0n) is 66.3. The molecule has 0 aliphatic carbocycles. The molecule has 19 aromatic carbocycles. The van der Waals surface area contributed by atoms with E-state index in [1.807, 2.05) is 30.3 Å². The van der Waals surface area contributed by atoms with Crippen LogP contribution in [0.15, 0.2) is 425 Å². The molecule has 0 amide bonds. The summed E-state index contributed by atoms with van der Waals surface area (Å²) in [7, 11) is 0. The molecule has 6 nitrogen and oxygen atoms in total. The molecule has 0 radical (unpaired) electrons. The topological polar surface area (TPSA) is 77.3 Å². The van der Waals surface area contributed by atoms with E-state index in [2.05, 4.69) is 394 Å². The summed E-state index contributed by atoms with van der Waals surface area (Å²) < 4.78 is 8.61. The Morgan fingerprint density at radius 1 is 0.163 bits per heavy atom. The van der Waals surface area contributed by atoms with Crippen LogP contribution in [0.3, 0.4) is 0 Å². The summed E-state index contributed by atoms with van der Waals surface area (Å²) in [6.07, 6.45) is 0. The van der Waals surface area contributed by atoms with Gasteiger partial charge in [0.15, 0.2) is 0 Å². The van der Waals surface area contributed by atoms with Crippen LogP contribution in [-0.2, 0) is 0 Å². The van der Waals surface area contributed by atoms with E-state index >= 15 is 0 Å². The van der Waals surface area contributed by atoms with Crippen molar-refractivity contribution in [2.75, 3.05) is 0 Å². The fraction of sp³-hybridized carbons (Fsp3) is 0. The van der Waals surface area contributed by atoms with Gasteiger partial charge in [-0.05, 0) is 0 Å². The molecule has 6 aromatic heterocycles. The van der Waals surface area contributed by atoms with E-state index in [1.165, 1.54) is 124 Å². The molecule has 0 spiro atoms. The predicted molar refractivity (Wildman–Crippen MR) is 521 cm³/mol.